The second-order valence-electron chi connectivity index (χ2n) is 5.33. The third-order valence-corrected chi connectivity index (χ3v) is 3.61. The van der Waals surface area contributed by atoms with Crippen molar-refractivity contribution in [3.8, 4) is 5.82 Å². The predicted octanol–water partition coefficient (Wildman–Crippen LogP) is 2.02. The van der Waals surface area contributed by atoms with Gasteiger partial charge in [-0.15, -0.1) is 0 Å². The molecular formula is C17H16N6O3. The number of benzene rings is 1. The summed E-state index contributed by atoms with van der Waals surface area (Å²) in [7, 11) is 0. The van der Waals surface area contributed by atoms with E-state index in [-0.39, 0.29) is 11.6 Å². The van der Waals surface area contributed by atoms with Crippen LogP contribution in [0.1, 0.15) is 10.4 Å². The van der Waals surface area contributed by atoms with Gasteiger partial charge >= 0.3 is 0 Å². The zero-order valence-electron chi connectivity index (χ0n) is 13.7. The first-order valence-electron chi connectivity index (χ1n) is 7.85. The fraction of sp³-hybridized carbons (Fsp3) is 0.118. The van der Waals surface area contributed by atoms with Crippen molar-refractivity contribution < 1.29 is 9.72 Å². The number of hydrogen-bond donors (Lipinski definition) is 2. The van der Waals surface area contributed by atoms with E-state index in [9.17, 15) is 14.9 Å². The molecule has 9 nitrogen and oxygen atoms in total. The van der Waals surface area contributed by atoms with Crippen molar-refractivity contribution in [3.05, 3.63) is 77.0 Å². The number of anilines is 1. The van der Waals surface area contributed by atoms with Gasteiger partial charge in [-0.05, 0) is 18.2 Å². The molecule has 0 bridgehead atoms. The number of amides is 1. The van der Waals surface area contributed by atoms with Crippen molar-refractivity contribution in [2.45, 2.75) is 0 Å². The Kier molecular flexibility index (Phi) is 5.18. The third-order valence-electron chi connectivity index (χ3n) is 3.61. The first-order chi connectivity index (χ1) is 12.6. The van der Waals surface area contributed by atoms with Gasteiger partial charge in [0.25, 0.3) is 11.6 Å². The number of nitro benzene ring substituents is 1. The maximum atomic E-state index is 12.1. The molecule has 3 aromatic rings. The quantitative estimate of drug-likeness (QED) is 0.382. The zero-order chi connectivity index (χ0) is 18.4. The highest BCUT2D eigenvalue weighted by Crippen LogP contribution is 2.22. The largest absolute Gasteiger partial charge is 0.378 e. The van der Waals surface area contributed by atoms with Crippen LogP contribution in [0.15, 0.2) is 61.3 Å². The molecule has 0 aliphatic rings. The second-order valence-corrected chi connectivity index (χ2v) is 5.33. The standard InChI is InChI=1S/C17H16N6O3/c24-17(13-5-6-16(21-11-13)22-10-9-18-12-22)20-8-7-19-14-3-1-2-4-15(14)23(25)26/h1-6,9-12,19H,7-8H2,(H,20,24). The summed E-state index contributed by atoms with van der Waals surface area (Å²) in [6, 6.07) is 9.76. The van der Waals surface area contributed by atoms with E-state index in [0.717, 1.165) is 0 Å². The van der Waals surface area contributed by atoms with Gasteiger partial charge in [-0.25, -0.2) is 9.97 Å². The Hall–Kier alpha value is -3.75. The topological polar surface area (TPSA) is 115 Å². The zero-order valence-corrected chi connectivity index (χ0v) is 13.7. The van der Waals surface area contributed by atoms with Crippen LogP contribution in [0, 0.1) is 10.1 Å². The molecule has 26 heavy (non-hydrogen) atoms. The number of aromatic nitrogens is 3. The molecule has 0 aliphatic carbocycles. The lowest BCUT2D eigenvalue weighted by Gasteiger charge is -2.08. The smallest absolute Gasteiger partial charge is 0.292 e. The van der Waals surface area contributed by atoms with Crippen LogP contribution >= 0.6 is 0 Å². The van der Waals surface area contributed by atoms with Crippen molar-refractivity contribution in [1.29, 1.82) is 0 Å². The summed E-state index contributed by atoms with van der Waals surface area (Å²) in [4.78, 5) is 30.8. The van der Waals surface area contributed by atoms with Gasteiger partial charge in [0.15, 0.2) is 0 Å². The molecule has 2 heterocycles. The number of rotatable bonds is 7. The number of nitrogens with one attached hydrogen (secondary N) is 2. The number of nitrogens with zero attached hydrogens (tertiary/aromatic N) is 4. The summed E-state index contributed by atoms with van der Waals surface area (Å²) in [5, 5.41) is 16.6. The molecule has 0 fully saturated rings. The SMILES string of the molecule is O=C(NCCNc1ccccc1[N+](=O)[O-])c1ccc(-n2ccnc2)nc1. The van der Waals surface area contributed by atoms with Crippen LogP contribution in [0.4, 0.5) is 11.4 Å². The lowest BCUT2D eigenvalue weighted by atomic mass is 10.2. The number of pyridine rings is 1. The number of imidazole rings is 1. The van der Waals surface area contributed by atoms with Gasteiger partial charge in [0.1, 0.15) is 17.8 Å². The van der Waals surface area contributed by atoms with Crippen molar-refractivity contribution in [3.63, 3.8) is 0 Å². The van der Waals surface area contributed by atoms with E-state index >= 15 is 0 Å². The van der Waals surface area contributed by atoms with Crippen molar-refractivity contribution in [2.24, 2.45) is 0 Å². The summed E-state index contributed by atoms with van der Waals surface area (Å²) in [6.45, 7) is 0.672. The normalized spacial score (nSPS) is 10.3. The lowest BCUT2D eigenvalue weighted by Crippen LogP contribution is -2.29. The molecule has 2 N–H and O–H groups in total. The van der Waals surface area contributed by atoms with E-state index in [1.165, 1.54) is 12.3 Å². The molecule has 0 unspecified atom stereocenters. The molecule has 0 atom stereocenters. The molecule has 1 amide bonds. The maximum Gasteiger partial charge on any atom is 0.292 e. The van der Waals surface area contributed by atoms with Crippen LogP contribution in [0.2, 0.25) is 0 Å². The van der Waals surface area contributed by atoms with Crippen LogP contribution in [0.25, 0.3) is 5.82 Å². The monoisotopic (exact) mass is 352 g/mol. The first kappa shape index (κ1) is 17.1. The highest BCUT2D eigenvalue weighted by Gasteiger charge is 2.11. The molecule has 0 spiro atoms. The summed E-state index contributed by atoms with van der Waals surface area (Å²) in [6.07, 6.45) is 6.51. The average molecular weight is 352 g/mol. The van der Waals surface area contributed by atoms with Crippen molar-refractivity contribution in [1.82, 2.24) is 19.9 Å². The highest BCUT2D eigenvalue weighted by molar-refractivity contribution is 5.93. The third kappa shape index (κ3) is 4.01. The Morgan fingerprint density at radius 1 is 1.19 bits per heavy atom. The molecule has 0 radical (unpaired) electrons. The lowest BCUT2D eigenvalue weighted by molar-refractivity contribution is -0.384. The minimum atomic E-state index is -0.450. The molecular weight excluding hydrogens is 336 g/mol. The van der Waals surface area contributed by atoms with Crippen LogP contribution in [0.5, 0.6) is 0 Å². The van der Waals surface area contributed by atoms with Crippen molar-refractivity contribution >= 4 is 17.3 Å². The van der Waals surface area contributed by atoms with Crippen LogP contribution in [0.3, 0.4) is 0 Å². The maximum absolute atomic E-state index is 12.1. The van der Waals surface area contributed by atoms with Gasteiger partial charge in [0.05, 0.1) is 10.5 Å². The Balaban J connectivity index is 1.51. The summed E-state index contributed by atoms with van der Waals surface area (Å²) < 4.78 is 1.73. The summed E-state index contributed by atoms with van der Waals surface area (Å²) >= 11 is 0. The van der Waals surface area contributed by atoms with Gasteiger partial charge in [-0.3, -0.25) is 19.5 Å². The van der Waals surface area contributed by atoms with E-state index in [0.29, 0.717) is 30.2 Å². The Morgan fingerprint density at radius 2 is 2.04 bits per heavy atom. The van der Waals surface area contributed by atoms with Gasteiger partial charge < -0.3 is 10.6 Å². The Bertz CT molecular complexity index is 893. The first-order valence-corrected chi connectivity index (χ1v) is 7.85. The van der Waals surface area contributed by atoms with Crippen LogP contribution in [-0.2, 0) is 0 Å². The molecule has 2 aromatic heterocycles. The number of carbonyl (C=O) groups is 1. The predicted molar refractivity (Wildman–Crippen MR) is 95.3 cm³/mol. The fourth-order valence-electron chi connectivity index (χ4n) is 2.33. The molecule has 132 valence electrons. The van der Waals surface area contributed by atoms with Crippen LogP contribution < -0.4 is 10.6 Å². The Morgan fingerprint density at radius 3 is 2.73 bits per heavy atom. The van der Waals surface area contributed by atoms with Crippen LogP contribution in [-0.4, -0.2) is 38.5 Å². The molecule has 9 heteroatoms. The van der Waals surface area contributed by atoms with Crippen molar-refractivity contribution in [2.75, 3.05) is 18.4 Å². The van der Waals surface area contributed by atoms with E-state index in [1.54, 1.807) is 53.6 Å². The number of nitro groups is 1. The molecule has 0 saturated carbocycles. The minimum absolute atomic E-state index is 0.00174. The summed E-state index contributed by atoms with van der Waals surface area (Å²) in [5.74, 6) is 0.399. The molecule has 0 aliphatic heterocycles. The summed E-state index contributed by atoms with van der Waals surface area (Å²) in [5.41, 5.74) is 0.843. The van der Waals surface area contributed by atoms with E-state index < -0.39 is 4.92 Å². The number of para-hydroxylation sites is 2. The van der Waals surface area contributed by atoms with Gasteiger partial charge in [0, 0.05) is 37.7 Å². The molecule has 3 rings (SSSR count). The van der Waals surface area contributed by atoms with E-state index in [4.69, 9.17) is 0 Å². The van der Waals surface area contributed by atoms with Gasteiger partial charge in [0.2, 0.25) is 0 Å². The number of hydrogen-bond acceptors (Lipinski definition) is 6. The van der Waals surface area contributed by atoms with Gasteiger partial charge in [-0.1, -0.05) is 12.1 Å². The van der Waals surface area contributed by atoms with E-state index in [1.807, 2.05) is 0 Å². The fourth-order valence-corrected chi connectivity index (χ4v) is 2.33. The minimum Gasteiger partial charge on any atom is -0.378 e. The molecule has 1 aromatic carbocycles. The number of carbonyl (C=O) groups excluding carboxylic acids is 1. The van der Waals surface area contributed by atoms with Gasteiger partial charge in [-0.2, -0.15) is 0 Å². The average Bonchev–Trinajstić information content (AvgIpc) is 3.20. The Labute approximate surface area is 148 Å². The highest BCUT2D eigenvalue weighted by atomic mass is 16.6. The second kappa shape index (κ2) is 7.88. The van der Waals surface area contributed by atoms with E-state index in [2.05, 4.69) is 20.6 Å². The molecule has 0 saturated heterocycles.